The van der Waals surface area contributed by atoms with E-state index in [9.17, 15) is 14.7 Å². The van der Waals surface area contributed by atoms with E-state index in [0.29, 0.717) is 11.6 Å². The van der Waals surface area contributed by atoms with E-state index in [2.05, 4.69) is 18.9 Å². The molecule has 166 valence electrons. The summed E-state index contributed by atoms with van der Waals surface area (Å²) in [6.07, 6.45) is 5.70. The van der Waals surface area contributed by atoms with Crippen LogP contribution < -0.4 is 4.90 Å². The van der Waals surface area contributed by atoms with E-state index in [4.69, 9.17) is 0 Å². The third-order valence-electron chi connectivity index (χ3n) is 6.88. The number of hydrogen-bond acceptors (Lipinski definition) is 4. The molecule has 2 aromatic rings. The van der Waals surface area contributed by atoms with Crippen molar-refractivity contribution in [3.8, 4) is 10.4 Å². The molecule has 2 aliphatic rings. The number of thiophene rings is 1. The number of anilines is 1. The number of carbonyl (C=O) groups is 2. The first-order valence-electron chi connectivity index (χ1n) is 11.4. The lowest BCUT2D eigenvalue weighted by atomic mass is 9.82. The second kappa shape index (κ2) is 9.53. The van der Waals surface area contributed by atoms with Gasteiger partial charge in [-0.05, 0) is 76.2 Å². The molecule has 0 unspecified atom stereocenters. The number of carboxylic acid groups (broad SMARTS) is 1. The van der Waals surface area contributed by atoms with Gasteiger partial charge in [-0.15, -0.1) is 11.3 Å². The molecule has 1 aromatic carbocycles. The average Bonchev–Trinajstić information content (AvgIpc) is 3.22. The molecule has 0 atom stereocenters. The molecule has 2 fully saturated rings. The molecule has 0 spiro atoms. The van der Waals surface area contributed by atoms with Crippen LogP contribution in [0.5, 0.6) is 0 Å². The summed E-state index contributed by atoms with van der Waals surface area (Å²) in [7, 11) is 2.10. The van der Waals surface area contributed by atoms with Crippen molar-refractivity contribution in [2.24, 2.45) is 11.8 Å². The minimum atomic E-state index is -0.954. The van der Waals surface area contributed by atoms with E-state index in [1.807, 2.05) is 41.3 Å². The third-order valence-corrected chi connectivity index (χ3v) is 8.04. The molecule has 6 heteroatoms. The zero-order valence-electron chi connectivity index (χ0n) is 18.4. The van der Waals surface area contributed by atoms with E-state index in [1.54, 1.807) is 0 Å². The summed E-state index contributed by atoms with van der Waals surface area (Å²) in [5, 5.41) is 10.0. The standard InChI is InChI=1S/C25H32N2O3S/c1-17-8-10-19(11-9-17)24(28)27(20-12-14-26(2)15-13-20)21-16-22(31-23(21)25(29)30)18-6-4-3-5-7-18/h3-7,16-17,19-20H,8-15H2,1-2H3,(H,29,30). The van der Waals surface area contributed by atoms with Gasteiger partial charge in [-0.2, -0.15) is 0 Å². The molecular formula is C25H32N2O3S. The molecule has 2 heterocycles. The van der Waals surface area contributed by atoms with Gasteiger partial charge in [0.1, 0.15) is 4.88 Å². The zero-order valence-corrected chi connectivity index (χ0v) is 19.2. The summed E-state index contributed by atoms with van der Waals surface area (Å²) < 4.78 is 0. The van der Waals surface area contributed by atoms with Crippen molar-refractivity contribution < 1.29 is 14.7 Å². The Bertz CT molecular complexity index is 910. The van der Waals surface area contributed by atoms with Crippen LogP contribution in [0.15, 0.2) is 36.4 Å². The predicted molar refractivity (Wildman–Crippen MR) is 126 cm³/mol. The quantitative estimate of drug-likeness (QED) is 0.679. The summed E-state index contributed by atoms with van der Waals surface area (Å²) in [6.45, 7) is 4.10. The van der Waals surface area contributed by atoms with E-state index in [0.717, 1.165) is 62.1 Å². The van der Waals surface area contributed by atoms with Gasteiger partial charge in [0.15, 0.2) is 0 Å². The van der Waals surface area contributed by atoms with Crippen LogP contribution in [0.25, 0.3) is 10.4 Å². The maximum absolute atomic E-state index is 13.8. The maximum Gasteiger partial charge on any atom is 0.348 e. The largest absolute Gasteiger partial charge is 0.477 e. The second-order valence-corrected chi connectivity index (χ2v) is 10.2. The van der Waals surface area contributed by atoms with Gasteiger partial charge in [-0.3, -0.25) is 4.79 Å². The normalized spacial score (nSPS) is 22.9. The predicted octanol–water partition coefficient (Wildman–Crippen LogP) is 5.37. The lowest BCUT2D eigenvalue weighted by molar-refractivity contribution is -0.124. The number of benzene rings is 1. The topological polar surface area (TPSA) is 60.9 Å². The maximum atomic E-state index is 13.8. The molecule has 31 heavy (non-hydrogen) atoms. The fourth-order valence-electron chi connectivity index (χ4n) is 4.91. The molecule has 5 nitrogen and oxygen atoms in total. The number of piperidine rings is 1. The molecule has 1 saturated carbocycles. The Balaban J connectivity index is 1.73. The molecule has 0 bridgehead atoms. The smallest absolute Gasteiger partial charge is 0.348 e. The van der Waals surface area contributed by atoms with Gasteiger partial charge in [0.2, 0.25) is 5.91 Å². The molecule has 0 radical (unpaired) electrons. The lowest BCUT2D eigenvalue weighted by Crippen LogP contribution is -2.49. The van der Waals surface area contributed by atoms with Gasteiger partial charge >= 0.3 is 5.97 Å². The first-order valence-corrected chi connectivity index (χ1v) is 12.2. The van der Waals surface area contributed by atoms with Crippen LogP contribution in [0.3, 0.4) is 0 Å². The first-order chi connectivity index (χ1) is 14.9. The number of carbonyl (C=O) groups excluding carboxylic acids is 1. The van der Waals surface area contributed by atoms with Gasteiger partial charge in [0, 0.05) is 16.8 Å². The van der Waals surface area contributed by atoms with E-state index in [-0.39, 0.29) is 22.7 Å². The molecule has 1 aliphatic heterocycles. The summed E-state index contributed by atoms with van der Waals surface area (Å²) >= 11 is 1.27. The summed E-state index contributed by atoms with van der Waals surface area (Å²) in [5.41, 5.74) is 1.58. The van der Waals surface area contributed by atoms with Crippen LogP contribution in [0.2, 0.25) is 0 Å². The van der Waals surface area contributed by atoms with Crippen LogP contribution in [-0.2, 0) is 4.79 Å². The van der Waals surface area contributed by atoms with Gasteiger partial charge in [-0.25, -0.2) is 4.79 Å². The summed E-state index contributed by atoms with van der Waals surface area (Å²) in [5.74, 6) is -0.162. The van der Waals surface area contributed by atoms with Crippen LogP contribution >= 0.6 is 11.3 Å². The molecular weight excluding hydrogens is 408 g/mol. The van der Waals surface area contributed by atoms with Crippen molar-refractivity contribution in [1.29, 1.82) is 0 Å². The van der Waals surface area contributed by atoms with Crippen molar-refractivity contribution in [2.75, 3.05) is 25.0 Å². The molecule has 4 rings (SSSR count). The number of hydrogen-bond donors (Lipinski definition) is 1. The van der Waals surface area contributed by atoms with Gasteiger partial charge < -0.3 is 14.9 Å². The average molecular weight is 441 g/mol. The van der Waals surface area contributed by atoms with E-state index in [1.165, 1.54) is 11.3 Å². The SMILES string of the molecule is CC1CCC(C(=O)N(c2cc(-c3ccccc3)sc2C(=O)O)C2CCN(C)CC2)CC1. The monoisotopic (exact) mass is 440 g/mol. The Morgan fingerprint density at radius 3 is 2.29 bits per heavy atom. The highest BCUT2D eigenvalue weighted by Crippen LogP contribution is 2.41. The fraction of sp³-hybridized carbons (Fsp3) is 0.520. The van der Waals surface area contributed by atoms with E-state index < -0.39 is 5.97 Å². The molecule has 1 aliphatic carbocycles. The first kappa shape index (κ1) is 22.0. The zero-order chi connectivity index (χ0) is 22.0. The molecule has 1 saturated heterocycles. The van der Waals surface area contributed by atoms with Crippen molar-refractivity contribution in [3.05, 3.63) is 41.3 Å². The summed E-state index contributed by atoms with van der Waals surface area (Å²) in [6, 6.07) is 11.8. The second-order valence-electron chi connectivity index (χ2n) is 9.20. The van der Waals surface area contributed by atoms with Crippen LogP contribution in [0.4, 0.5) is 5.69 Å². The van der Waals surface area contributed by atoms with E-state index >= 15 is 0 Å². The van der Waals surface area contributed by atoms with Crippen molar-refractivity contribution in [3.63, 3.8) is 0 Å². The lowest BCUT2D eigenvalue weighted by Gasteiger charge is -2.39. The van der Waals surface area contributed by atoms with Gasteiger partial charge in [-0.1, -0.05) is 37.3 Å². The Morgan fingerprint density at radius 1 is 1.03 bits per heavy atom. The highest BCUT2D eigenvalue weighted by molar-refractivity contribution is 7.18. The number of amides is 1. The minimum Gasteiger partial charge on any atom is -0.477 e. The number of rotatable bonds is 5. The highest BCUT2D eigenvalue weighted by atomic mass is 32.1. The minimum absolute atomic E-state index is 0.00224. The van der Waals surface area contributed by atoms with Crippen molar-refractivity contribution >= 4 is 28.9 Å². The van der Waals surface area contributed by atoms with Crippen molar-refractivity contribution in [2.45, 2.75) is 51.5 Å². The van der Waals surface area contributed by atoms with Crippen LogP contribution in [0.1, 0.15) is 55.1 Å². The Kier molecular flexibility index (Phi) is 6.77. The number of likely N-dealkylation sites (tertiary alicyclic amines) is 1. The molecule has 1 N–H and O–H groups in total. The van der Waals surface area contributed by atoms with Gasteiger partial charge in [0.05, 0.1) is 5.69 Å². The number of aromatic carboxylic acids is 1. The fourth-order valence-corrected chi connectivity index (χ4v) is 5.90. The Morgan fingerprint density at radius 2 is 1.68 bits per heavy atom. The number of carboxylic acids is 1. The van der Waals surface area contributed by atoms with Crippen LogP contribution in [0, 0.1) is 11.8 Å². The Labute approximate surface area is 188 Å². The van der Waals surface area contributed by atoms with Crippen LogP contribution in [-0.4, -0.2) is 48.1 Å². The highest BCUT2D eigenvalue weighted by Gasteiger charge is 2.36. The summed E-state index contributed by atoms with van der Waals surface area (Å²) in [4.78, 5) is 31.4. The van der Waals surface area contributed by atoms with Crippen molar-refractivity contribution in [1.82, 2.24) is 4.90 Å². The molecule has 1 aromatic heterocycles. The Hall–Kier alpha value is -2.18. The molecule has 1 amide bonds. The third kappa shape index (κ3) is 4.85. The number of nitrogens with zero attached hydrogens (tertiary/aromatic N) is 2. The van der Waals surface area contributed by atoms with Gasteiger partial charge in [0.25, 0.3) is 0 Å².